The van der Waals surface area contributed by atoms with Gasteiger partial charge in [0.25, 0.3) is 0 Å². The highest BCUT2D eigenvalue weighted by molar-refractivity contribution is 7.99. The summed E-state index contributed by atoms with van der Waals surface area (Å²) in [6.07, 6.45) is 0. The molecule has 1 heterocycles. The van der Waals surface area contributed by atoms with Crippen molar-refractivity contribution in [3.8, 4) is 0 Å². The number of aromatic nitrogens is 3. The zero-order valence-corrected chi connectivity index (χ0v) is 17.0. The first-order valence-electron chi connectivity index (χ1n) is 9.00. The fraction of sp³-hybridized carbons (Fsp3) is 0.200. The maximum Gasteiger partial charge on any atom is 0.318 e. The average molecular weight is 411 g/mol. The maximum absolute atomic E-state index is 12.3. The molecule has 0 atom stereocenters. The van der Waals surface area contributed by atoms with Crippen molar-refractivity contribution in [1.82, 2.24) is 20.1 Å². The number of amides is 3. The van der Waals surface area contributed by atoms with E-state index < -0.39 is 0 Å². The number of carbonyl (C=O) groups is 2. The van der Waals surface area contributed by atoms with Crippen LogP contribution in [0.2, 0.25) is 0 Å². The second-order valence-corrected chi connectivity index (χ2v) is 7.16. The lowest BCUT2D eigenvalue weighted by Gasteiger charge is -2.09. The number of aryl methyl sites for hydroxylation is 1. The highest BCUT2D eigenvalue weighted by Gasteiger charge is 2.12. The summed E-state index contributed by atoms with van der Waals surface area (Å²) < 4.78 is 1.99. The van der Waals surface area contributed by atoms with Gasteiger partial charge in [0.1, 0.15) is 5.82 Å². The molecule has 1 aromatic heterocycles. The van der Waals surface area contributed by atoms with Crippen LogP contribution < -0.4 is 16.0 Å². The molecule has 0 aliphatic carbocycles. The molecule has 3 rings (SSSR count). The number of nitrogens with zero attached hydrogens (tertiary/aromatic N) is 3. The molecule has 0 saturated heterocycles. The molecule has 3 N–H and O–H groups in total. The number of thioether (sulfide) groups is 1. The Bertz CT molecular complexity index is 972. The van der Waals surface area contributed by atoms with E-state index in [9.17, 15) is 9.59 Å². The van der Waals surface area contributed by atoms with Gasteiger partial charge < -0.3 is 20.5 Å². The van der Waals surface area contributed by atoms with Crippen LogP contribution in [0.15, 0.2) is 59.8 Å². The summed E-state index contributed by atoms with van der Waals surface area (Å²) in [5.41, 5.74) is 2.44. The fourth-order valence-corrected chi connectivity index (χ4v) is 3.36. The maximum atomic E-state index is 12.3. The highest BCUT2D eigenvalue weighted by Crippen LogP contribution is 2.19. The molecule has 9 heteroatoms. The van der Waals surface area contributed by atoms with Crippen LogP contribution in [0.3, 0.4) is 0 Å². The van der Waals surface area contributed by atoms with Gasteiger partial charge in [0.2, 0.25) is 5.91 Å². The number of anilines is 2. The van der Waals surface area contributed by atoms with Crippen molar-refractivity contribution in [2.75, 3.05) is 23.4 Å². The van der Waals surface area contributed by atoms with Crippen LogP contribution in [-0.4, -0.2) is 39.5 Å². The summed E-state index contributed by atoms with van der Waals surface area (Å²) in [5, 5.41) is 17.0. The van der Waals surface area contributed by atoms with Crippen LogP contribution in [-0.2, 0) is 11.3 Å². The van der Waals surface area contributed by atoms with Crippen molar-refractivity contribution in [1.29, 1.82) is 0 Å². The van der Waals surface area contributed by atoms with E-state index in [1.165, 1.54) is 11.8 Å². The Balaban J connectivity index is 1.55. The Labute approximate surface area is 173 Å². The summed E-state index contributed by atoms with van der Waals surface area (Å²) in [6.45, 7) is 2.55. The lowest BCUT2D eigenvalue weighted by atomic mass is 10.2. The zero-order chi connectivity index (χ0) is 20.6. The van der Waals surface area contributed by atoms with Gasteiger partial charge >= 0.3 is 6.03 Å². The third kappa shape index (κ3) is 5.82. The SMILES string of the molecule is CNC(=O)Nc1ccc(NC(=O)CSc2nnc(C)n2Cc2ccccc2)cc1. The number of nitrogens with one attached hydrogen (secondary N) is 3. The van der Waals surface area contributed by atoms with Gasteiger partial charge in [-0.05, 0) is 36.8 Å². The number of carbonyl (C=O) groups excluding carboxylic acids is 2. The topological polar surface area (TPSA) is 101 Å². The molecule has 2 aromatic carbocycles. The van der Waals surface area contributed by atoms with E-state index in [0.717, 1.165) is 11.4 Å². The van der Waals surface area contributed by atoms with Crippen LogP contribution in [0.25, 0.3) is 0 Å². The Morgan fingerprint density at radius 3 is 2.28 bits per heavy atom. The first-order valence-corrected chi connectivity index (χ1v) is 9.99. The van der Waals surface area contributed by atoms with Crippen LogP contribution >= 0.6 is 11.8 Å². The lowest BCUT2D eigenvalue weighted by Crippen LogP contribution is -2.24. The average Bonchev–Trinajstić information content (AvgIpc) is 3.08. The van der Waals surface area contributed by atoms with E-state index in [4.69, 9.17) is 0 Å². The van der Waals surface area contributed by atoms with Gasteiger partial charge in [0.15, 0.2) is 5.16 Å². The van der Waals surface area contributed by atoms with Crippen molar-refractivity contribution in [3.63, 3.8) is 0 Å². The van der Waals surface area contributed by atoms with Crippen molar-refractivity contribution in [3.05, 3.63) is 66.0 Å². The van der Waals surface area contributed by atoms with Gasteiger partial charge in [-0.15, -0.1) is 10.2 Å². The van der Waals surface area contributed by atoms with Crippen molar-refractivity contribution in [2.45, 2.75) is 18.6 Å². The van der Waals surface area contributed by atoms with Crippen molar-refractivity contribution >= 4 is 35.1 Å². The molecule has 0 saturated carbocycles. The normalized spacial score (nSPS) is 10.4. The van der Waals surface area contributed by atoms with E-state index in [1.807, 2.05) is 41.8 Å². The summed E-state index contributed by atoms with van der Waals surface area (Å²) in [6, 6.07) is 16.7. The Morgan fingerprint density at radius 1 is 0.966 bits per heavy atom. The molecular formula is C20H22N6O2S. The molecule has 0 spiro atoms. The summed E-state index contributed by atoms with van der Waals surface area (Å²) in [4.78, 5) is 23.6. The van der Waals surface area contributed by atoms with Gasteiger partial charge in [-0.1, -0.05) is 42.1 Å². The Hall–Kier alpha value is -3.33. The van der Waals surface area contributed by atoms with Crippen LogP contribution in [0.4, 0.5) is 16.2 Å². The van der Waals surface area contributed by atoms with E-state index in [1.54, 1.807) is 31.3 Å². The van der Waals surface area contributed by atoms with Crippen LogP contribution in [0.5, 0.6) is 0 Å². The van der Waals surface area contributed by atoms with E-state index in [0.29, 0.717) is 23.1 Å². The van der Waals surface area contributed by atoms with E-state index in [2.05, 4.69) is 26.1 Å². The molecule has 0 aliphatic heterocycles. The largest absolute Gasteiger partial charge is 0.341 e. The van der Waals surface area contributed by atoms with Crippen LogP contribution in [0, 0.1) is 6.92 Å². The molecule has 0 aliphatic rings. The van der Waals surface area contributed by atoms with Gasteiger partial charge in [0, 0.05) is 18.4 Å². The summed E-state index contributed by atoms with van der Waals surface area (Å²) in [7, 11) is 1.55. The number of benzene rings is 2. The molecule has 3 aromatic rings. The number of hydrogen-bond donors (Lipinski definition) is 3. The van der Waals surface area contributed by atoms with E-state index in [-0.39, 0.29) is 17.7 Å². The molecule has 29 heavy (non-hydrogen) atoms. The minimum Gasteiger partial charge on any atom is -0.341 e. The molecule has 0 radical (unpaired) electrons. The molecule has 0 bridgehead atoms. The fourth-order valence-electron chi connectivity index (χ4n) is 2.57. The smallest absolute Gasteiger partial charge is 0.318 e. The molecule has 150 valence electrons. The summed E-state index contributed by atoms with van der Waals surface area (Å²) >= 11 is 1.34. The summed E-state index contributed by atoms with van der Waals surface area (Å²) in [5.74, 6) is 0.871. The third-order valence-corrected chi connectivity index (χ3v) is 5.04. The third-order valence-electron chi connectivity index (χ3n) is 4.07. The molecule has 3 amide bonds. The monoisotopic (exact) mass is 410 g/mol. The molecule has 8 nitrogen and oxygen atoms in total. The first kappa shape index (κ1) is 20.4. The Morgan fingerprint density at radius 2 is 1.62 bits per heavy atom. The lowest BCUT2D eigenvalue weighted by molar-refractivity contribution is -0.113. The molecule has 0 unspecified atom stereocenters. The predicted molar refractivity (Wildman–Crippen MR) is 114 cm³/mol. The van der Waals surface area contributed by atoms with Gasteiger partial charge in [-0.2, -0.15) is 0 Å². The zero-order valence-electron chi connectivity index (χ0n) is 16.2. The van der Waals surface area contributed by atoms with Gasteiger partial charge in [-0.25, -0.2) is 4.79 Å². The number of hydrogen-bond acceptors (Lipinski definition) is 5. The molecular weight excluding hydrogens is 388 g/mol. The number of urea groups is 1. The van der Waals surface area contributed by atoms with Gasteiger partial charge in [-0.3, -0.25) is 4.79 Å². The number of rotatable bonds is 7. The second kappa shape index (κ2) is 9.74. The quantitative estimate of drug-likeness (QED) is 0.520. The van der Waals surface area contributed by atoms with Crippen LogP contribution in [0.1, 0.15) is 11.4 Å². The minimum absolute atomic E-state index is 0.145. The predicted octanol–water partition coefficient (Wildman–Crippen LogP) is 3.12. The second-order valence-electron chi connectivity index (χ2n) is 6.22. The minimum atomic E-state index is -0.298. The highest BCUT2D eigenvalue weighted by atomic mass is 32.2. The van der Waals surface area contributed by atoms with Gasteiger partial charge in [0.05, 0.1) is 12.3 Å². The molecule has 0 fully saturated rings. The van der Waals surface area contributed by atoms with Crippen molar-refractivity contribution in [2.24, 2.45) is 0 Å². The van der Waals surface area contributed by atoms with Crippen molar-refractivity contribution < 1.29 is 9.59 Å². The first-order chi connectivity index (χ1) is 14.0. The Kier molecular flexibility index (Phi) is 6.85. The van der Waals surface area contributed by atoms with E-state index >= 15 is 0 Å². The standard InChI is InChI=1S/C20H22N6O2S/c1-14-24-25-20(26(14)12-15-6-4-3-5-7-15)29-13-18(27)22-16-8-10-17(11-9-16)23-19(28)21-2/h3-11H,12-13H2,1-2H3,(H,22,27)(H2,21,23,28).